The zero-order valence-electron chi connectivity index (χ0n) is 10.7. The van der Waals surface area contributed by atoms with Gasteiger partial charge in [0.2, 0.25) is 0 Å². The molecule has 118 valence electrons. The molecule has 0 spiro atoms. The summed E-state index contributed by atoms with van der Waals surface area (Å²) in [7, 11) is 0. The molecule has 0 aliphatic rings. The molecule has 1 aromatic rings. The van der Waals surface area contributed by atoms with Gasteiger partial charge in [0.05, 0.1) is 18.1 Å². The maximum Gasteiger partial charge on any atom is 0.401 e. The molecule has 0 aromatic heterocycles. The monoisotopic (exact) mass is 347 g/mol. The van der Waals surface area contributed by atoms with Crippen LogP contribution in [0.2, 0.25) is 10.0 Å². The number of hydrogen-bond acceptors (Lipinski definition) is 2. The molecule has 1 unspecified atom stereocenters. The van der Waals surface area contributed by atoms with Crippen LogP contribution in [-0.4, -0.2) is 35.2 Å². The Hall–Kier alpha value is -1.05. The molecular formula is C12H11Cl2F4NO2. The predicted molar refractivity (Wildman–Crippen MR) is 70.1 cm³/mol. The lowest BCUT2D eigenvalue weighted by atomic mass is 10.1. The molecule has 1 N–H and O–H groups in total. The van der Waals surface area contributed by atoms with Gasteiger partial charge in [-0.3, -0.25) is 9.69 Å². The maximum absolute atomic E-state index is 13.4. The largest absolute Gasteiger partial charge is 0.480 e. The van der Waals surface area contributed by atoms with Crippen LogP contribution in [0.5, 0.6) is 0 Å². The number of nitrogens with zero attached hydrogens (tertiary/aromatic N) is 1. The Morgan fingerprint density at radius 2 is 1.90 bits per heavy atom. The van der Waals surface area contributed by atoms with Crippen molar-refractivity contribution in [3.63, 3.8) is 0 Å². The summed E-state index contributed by atoms with van der Waals surface area (Å²) in [6, 6.07) is 0.916. The third kappa shape index (κ3) is 5.33. The highest BCUT2D eigenvalue weighted by atomic mass is 35.5. The molecule has 0 amide bonds. The highest BCUT2D eigenvalue weighted by molar-refractivity contribution is 6.35. The van der Waals surface area contributed by atoms with E-state index in [0.29, 0.717) is 4.90 Å². The molecule has 0 saturated carbocycles. The van der Waals surface area contributed by atoms with Gasteiger partial charge in [0.1, 0.15) is 5.82 Å². The lowest BCUT2D eigenvalue weighted by Gasteiger charge is -2.29. The molecular weight excluding hydrogens is 337 g/mol. The van der Waals surface area contributed by atoms with Gasteiger partial charge in [-0.05, 0) is 24.6 Å². The molecule has 3 nitrogen and oxygen atoms in total. The molecule has 1 atom stereocenters. The number of halogens is 6. The van der Waals surface area contributed by atoms with Gasteiger partial charge in [-0.1, -0.05) is 23.2 Å². The summed E-state index contributed by atoms with van der Waals surface area (Å²) in [4.78, 5) is 11.3. The standard InChI is InChI=1S/C12H11Cl2F4NO2/c1-6(7-2-10(15)9(14)3-8(7)13)19(4-11(20)21)5-12(16,17)18/h2-3,6H,4-5H2,1H3,(H,20,21). The van der Waals surface area contributed by atoms with E-state index in [1.807, 2.05) is 0 Å². The van der Waals surface area contributed by atoms with Crippen molar-refractivity contribution < 1.29 is 27.5 Å². The van der Waals surface area contributed by atoms with Crippen LogP contribution in [0.25, 0.3) is 0 Å². The highest BCUT2D eigenvalue weighted by Gasteiger charge is 2.34. The molecule has 0 radical (unpaired) electrons. The Balaban J connectivity index is 3.12. The quantitative estimate of drug-likeness (QED) is 0.642. The first-order valence-electron chi connectivity index (χ1n) is 5.68. The topological polar surface area (TPSA) is 40.5 Å². The predicted octanol–water partition coefficient (Wildman–Crippen LogP) is 4.14. The molecule has 0 bridgehead atoms. The average molecular weight is 348 g/mol. The molecule has 0 saturated heterocycles. The summed E-state index contributed by atoms with van der Waals surface area (Å²) in [5.74, 6) is -2.28. The van der Waals surface area contributed by atoms with Crippen LogP contribution >= 0.6 is 23.2 Å². The number of carboxylic acid groups (broad SMARTS) is 1. The summed E-state index contributed by atoms with van der Waals surface area (Å²) in [6.45, 7) is -1.01. The first-order valence-corrected chi connectivity index (χ1v) is 6.44. The molecule has 0 fully saturated rings. The van der Waals surface area contributed by atoms with Gasteiger partial charge in [-0.25, -0.2) is 4.39 Å². The number of rotatable bonds is 5. The number of hydrogen-bond donors (Lipinski definition) is 1. The van der Waals surface area contributed by atoms with Gasteiger partial charge in [0, 0.05) is 11.1 Å². The molecule has 9 heteroatoms. The van der Waals surface area contributed by atoms with E-state index in [1.54, 1.807) is 0 Å². The van der Waals surface area contributed by atoms with E-state index in [1.165, 1.54) is 6.92 Å². The van der Waals surface area contributed by atoms with Crippen LogP contribution in [0.15, 0.2) is 12.1 Å². The SMILES string of the molecule is CC(c1cc(F)c(Cl)cc1Cl)N(CC(=O)O)CC(F)(F)F. The van der Waals surface area contributed by atoms with Gasteiger partial charge in [0.15, 0.2) is 0 Å². The average Bonchev–Trinajstić information content (AvgIpc) is 2.29. The number of carbonyl (C=O) groups is 1. The van der Waals surface area contributed by atoms with E-state index >= 15 is 0 Å². The van der Waals surface area contributed by atoms with Crippen molar-refractivity contribution in [2.24, 2.45) is 0 Å². The zero-order chi connectivity index (χ0) is 16.4. The summed E-state index contributed by atoms with van der Waals surface area (Å²) < 4.78 is 51.0. The highest BCUT2D eigenvalue weighted by Crippen LogP contribution is 2.33. The van der Waals surface area contributed by atoms with Crippen LogP contribution < -0.4 is 0 Å². The Kier molecular flexibility index (Phi) is 5.83. The fourth-order valence-electron chi connectivity index (χ4n) is 1.79. The lowest BCUT2D eigenvalue weighted by molar-refractivity contribution is -0.157. The minimum atomic E-state index is -4.60. The van der Waals surface area contributed by atoms with Crippen molar-refractivity contribution >= 4 is 29.2 Å². The molecule has 1 aromatic carbocycles. The zero-order valence-corrected chi connectivity index (χ0v) is 12.2. The third-order valence-electron chi connectivity index (χ3n) is 2.76. The second kappa shape index (κ2) is 6.81. The van der Waals surface area contributed by atoms with E-state index in [2.05, 4.69) is 0 Å². The van der Waals surface area contributed by atoms with E-state index in [0.717, 1.165) is 12.1 Å². The smallest absolute Gasteiger partial charge is 0.401 e. The maximum atomic E-state index is 13.4. The third-order valence-corrected chi connectivity index (χ3v) is 3.38. The Bertz CT molecular complexity index is 537. The van der Waals surface area contributed by atoms with Gasteiger partial charge in [-0.2, -0.15) is 13.2 Å². The number of carboxylic acids is 1. The summed E-state index contributed by atoms with van der Waals surface area (Å²) in [5.41, 5.74) is 0.0315. The van der Waals surface area contributed by atoms with Gasteiger partial charge in [-0.15, -0.1) is 0 Å². The van der Waals surface area contributed by atoms with E-state index in [-0.39, 0.29) is 15.6 Å². The first kappa shape index (κ1) is 18.0. The molecule has 0 aliphatic carbocycles. The number of benzene rings is 1. The Labute approximate surface area is 128 Å². The van der Waals surface area contributed by atoms with Crippen molar-refractivity contribution in [3.05, 3.63) is 33.6 Å². The van der Waals surface area contributed by atoms with Gasteiger partial charge >= 0.3 is 12.1 Å². The van der Waals surface area contributed by atoms with Crippen LogP contribution in [-0.2, 0) is 4.79 Å². The first-order chi connectivity index (χ1) is 9.51. The normalized spacial score (nSPS) is 13.5. The molecule has 21 heavy (non-hydrogen) atoms. The molecule has 0 aliphatic heterocycles. The minimum Gasteiger partial charge on any atom is -0.480 e. The Morgan fingerprint density at radius 3 is 2.38 bits per heavy atom. The van der Waals surface area contributed by atoms with Gasteiger partial charge < -0.3 is 5.11 Å². The Morgan fingerprint density at radius 1 is 1.33 bits per heavy atom. The van der Waals surface area contributed by atoms with Crippen LogP contribution in [0.4, 0.5) is 17.6 Å². The van der Waals surface area contributed by atoms with Crippen molar-refractivity contribution in [1.29, 1.82) is 0 Å². The van der Waals surface area contributed by atoms with Crippen LogP contribution in [0.3, 0.4) is 0 Å². The minimum absolute atomic E-state index is 0.0315. The van der Waals surface area contributed by atoms with Crippen molar-refractivity contribution in [2.75, 3.05) is 13.1 Å². The second-order valence-electron chi connectivity index (χ2n) is 4.38. The van der Waals surface area contributed by atoms with Gasteiger partial charge in [0.25, 0.3) is 0 Å². The number of alkyl halides is 3. The number of aliphatic carboxylic acids is 1. The second-order valence-corrected chi connectivity index (χ2v) is 5.19. The fourth-order valence-corrected chi connectivity index (χ4v) is 2.33. The molecule has 1 rings (SSSR count). The van der Waals surface area contributed by atoms with Crippen LogP contribution in [0, 0.1) is 5.82 Å². The van der Waals surface area contributed by atoms with Crippen molar-refractivity contribution in [1.82, 2.24) is 4.90 Å². The molecule has 0 heterocycles. The summed E-state index contributed by atoms with van der Waals surface area (Å²) >= 11 is 11.4. The van der Waals surface area contributed by atoms with Crippen molar-refractivity contribution in [3.8, 4) is 0 Å². The van der Waals surface area contributed by atoms with E-state index in [9.17, 15) is 22.4 Å². The summed E-state index contributed by atoms with van der Waals surface area (Å²) in [5, 5.41) is 8.40. The van der Waals surface area contributed by atoms with E-state index < -0.39 is 37.1 Å². The summed E-state index contributed by atoms with van der Waals surface area (Å²) in [6.07, 6.45) is -4.60. The van der Waals surface area contributed by atoms with Crippen LogP contribution in [0.1, 0.15) is 18.5 Å². The fraction of sp³-hybridized carbons (Fsp3) is 0.417. The van der Waals surface area contributed by atoms with E-state index in [4.69, 9.17) is 28.3 Å². The lowest BCUT2D eigenvalue weighted by Crippen LogP contribution is -2.39. The van der Waals surface area contributed by atoms with Crippen molar-refractivity contribution in [2.45, 2.75) is 19.1 Å².